The maximum atomic E-state index is 12.0. The molecule has 3 atom stereocenters. The highest BCUT2D eigenvalue weighted by molar-refractivity contribution is 5.81. The van der Waals surface area contributed by atoms with Gasteiger partial charge in [-0.2, -0.15) is 0 Å². The second-order valence-corrected chi connectivity index (χ2v) is 5.46. The average Bonchev–Trinajstić information content (AvgIpc) is 2.95. The minimum Gasteiger partial charge on any atom is -0.463 e. The van der Waals surface area contributed by atoms with Crippen LogP contribution in [-0.4, -0.2) is 30.3 Å². The Balaban J connectivity index is 1.92. The summed E-state index contributed by atoms with van der Waals surface area (Å²) in [7, 11) is 0. The van der Waals surface area contributed by atoms with Crippen molar-refractivity contribution in [2.24, 2.45) is 5.92 Å². The van der Waals surface area contributed by atoms with Gasteiger partial charge in [-0.25, -0.2) is 0 Å². The number of hydrogen-bond acceptors (Lipinski definition) is 4. The number of rotatable bonds is 4. The van der Waals surface area contributed by atoms with Crippen LogP contribution in [0.4, 0.5) is 0 Å². The fourth-order valence-electron chi connectivity index (χ4n) is 2.20. The van der Waals surface area contributed by atoms with E-state index in [1.807, 2.05) is 13.8 Å². The van der Waals surface area contributed by atoms with Gasteiger partial charge in [0.1, 0.15) is 23.2 Å². The summed E-state index contributed by atoms with van der Waals surface area (Å²) in [4.78, 5) is 12.0. The monoisotopic (exact) mass is 267 g/mol. The number of nitrogens with one attached hydrogen (secondary N) is 1. The van der Waals surface area contributed by atoms with Gasteiger partial charge < -0.3 is 19.6 Å². The SMILES string of the molecule is Cc1ccc(C(C)(O)CNC(=O)C2OCCC2C)o1. The topological polar surface area (TPSA) is 71.7 Å². The molecular weight excluding hydrogens is 246 g/mol. The molecule has 0 saturated carbocycles. The van der Waals surface area contributed by atoms with Crippen molar-refractivity contribution in [3.05, 3.63) is 23.7 Å². The van der Waals surface area contributed by atoms with Crippen LogP contribution in [0.25, 0.3) is 0 Å². The Bertz CT molecular complexity index is 452. The Labute approximate surface area is 112 Å². The van der Waals surface area contributed by atoms with E-state index in [-0.39, 0.29) is 18.4 Å². The molecule has 5 nitrogen and oxygen atoms in total. The van der Waals surface area contributed by atoms with Crippen molar-refractivity contribution in [2.45, 2.75) is 38.9 Å². The van der Waals surface area contributed by atoms with Gasteiger partial charge in [-0.05, 0) is 38.3 Å². The van der Waals surface area contributed by atoms with Crippen LogP contribution >= 0.6 is 0 Å². The van der Waals surface area contributed by atoms with E-state index in [2.05, 4.69) is 5.32 Å². The molecule has 1 amide bonds. The van der Waals surface area contributed by atoms with Crippen molar-refractivity contribution < 1.29 is 19.1 Å². The Morgan fingerprint density at radius 2 is 2.32 bits per heavy atom. The van der Waals surface area contributed by atoms with Crippen LogP contribution in [0.15, 0.2) is 16.5 Å². The number of carbonyl (C=O) groups excluding carboxylic acids is 1. The van der Waals surface area contributed by atoms with E-state index in [0.29, 0.717) is 12.4 Å². The molecule has 1 aliphatic rings. The second-order valence-electron chi connectivity index (χ2n) is 5.46. The molecule has 1 aromatic rings. The van der Waals surface area contributed by atoms with Gasteiger partial charge in [0, 0.05) is 6.61 Å². The number of ether oxygens (including phenoxy) is 1. The lowest BCUT2D eigenvalue weighted by atomic mass is 10.0. The molecule has 0 spiro atoms. The van der Waals surface area contributed by atoms with Gasteiger partial charge >= 0.3 is 0 Å². The minimum absolute atomic E-state index is 0.103. The highest BCUT2D eigenvalue weighted by Crippen LogP contribution is 2.23. The van der Waals surface area contributed by atoms with Crippen molar-refractivity contribution in [1.82, 2.24) is 5.32 Å². The number of aliphatic hydroxyl groups is 1. The average molecular weight is 267 g/mol. The number of aryl methyl sites for hydroxylation is 1. The lowest BCUT2D eigenvalue weighted by Crippen LogP contribution is -2.44. The molecular formula is C14H21NO4. The summed E-state index contributed by atoms with van der Waals surface area (Å²) in [6.07, 6.45) is 0.486. The molecule has 2 heterocycles. The number of furan rings is 1. The molecule has 1 saturated heterocycles. The zero-order valence-electron chi connectivity index (χ0n) is 11.6. The van der Waals surface area contributed by atoms with Crippen molar-refractivity contribution in [3.8, 4) is 0 Å². The van der Waals surface area contributed by atoms with Crippen molar-refractivity contribution in [2.75, 3.05) is 13.2 Å². The van der Waals surface area contributed by atoms with E-state index in [9.17, 15) is 9.90 Å². The van der Waals surface area contributed by atoms with Crippen LogP contribution in [0.3, 0.4) is 0 Å². The molecule has 1 aromatic heterocycles. The van der Waals surface area contributed by atoms with E-state index in [0.717, 1.165) is 12.2 Å². The normalized spacial score (nSPS) is 26.1. The summed E-state index contributed by atoms with van der Waals surface area (Å²) in [6.45, 7) is 6.14. The fourth-order valence-corrected chi connectivity index (χ4v) is 2.20. The van der Waals surface area contributed by atoms with Crippen molar-refractivity contribution in [1.29, 1.82) is 0 Å². The highest BCUT2D eigenvalue weighted by atomic mass is 16.5. The first kappa shape index (κ1) is 14.1. The molecule has 0 aromatic carbocycles. The molecule has 19 heavy (non-hydrogen) atoms. The maximum Gasteiger partial charge on any atom is 0.249 e. The molecule has 0 radical (unpaired) electrons. The zero-order valence-corrected chi connectivity index (χ0v) is 11.6. The van der Waals surface area contributed by atoms with E-state index in [1.54, 1.807) is 19.1 Å². The quantitative estimate of drug-likeness (QED) is 0.863. The van der Waals surface area contributed by atoms with E-state index in [4.69, 9.17) is 9.15 Å². The first-order valence-corrected chi connectivity index (χ1v) is 6.59. The van der Waals surface area contributed by atoms with Crippen LogP contribution in [0.1, 0.15) is 31.8 Å². The Morgan fingerprint density at radius 3 is 2.84 bits per heavy atom. The molecule has 1 aliphatic heterocycles. The zero-order chi connectivity index (χ0) is 14.0. The summed E-state index contributed by atoms with van der Waals surface area (Å²) < 4.78 is 10.8. The lowest BCUT2D eigenvalue weighted by molar-refractivity contribution is -0.132. The van der Waals surface area contributed by atoms with Gasteiger partial charge in [0.25, 0.3) is 0 Å². The summed E-state index contributed by atoms with van der Waals surface area (Å²) in [5.41, 5.74) is -1.22. The van der Waals surface area contributed by atoms with Gasteiger partial charge in [0.15, 0.2) is 0 Å². The van der Waals surface area contributed by atoms with Gasteiger partial charge in [-0.1, -0.05) is 6.92 Å². The van der Waals surface area contributed by atoms with Crippen molar-refractivity contribution >= 4 is 5.91 Å². The first-order valence-electron chi connectivity index (χ1n) is 6.59. The summed E-state index contributed by atoms with van der Waals surface area (Å²) in [5, 5.41) is 13.0. The lowest BCUT2D eigenvalue weighted by Gasteiger charge is -2.23. The highest BCUT2D eigenvalue weighted by Gasteiger charge is 2.33. The maximum absolute atomic E-state index is 12.0. The number of hydrogen-bond donors (Lipinski definition) is 2. The van der Waals surface area contributed by atoms with Gasteiger partial charge in [0.2, 0.25) is 5.91 Å². The molecule has 0 aliphatic carbocycles. The van der Waals surface area contributed by atoms with Crippen molar-refractivity contribution in [3.63, 3.8) is 0 Å². The Kier molecular flexibility index (Phi) is 3.96. The Hall–Kier alpha value is -1.33. The van der Waals surface area contributed by atoms with Gasteiger partial charge in [-0.3, -0.25) is 4.79 Å². The predicted octanol–water partition coefficient (Wildman–Crippen LogP) is 1.34. The molecule has 3 unspecified atom stereocenters. The van der Waals surface area contributed by atoms with Crippen LogP contribution in [0, 0.1) is 12.8 Å². The first-order chi connectivity index (χ1) is 8.90. The van der Waals surface area contributed by atoms with Crippen LogP contribution < -0.4 is 5.32 Å². The molecule has 5 heteroatoms. The largest absolute Gasteiger partial charge is 0.463 e. The van der Waals surface area contributed by atoms with Gasteiger partial charge in [-0.15, -0.1) is 0 Å². The summed E-state index contributed by atoms with van der Waals surface area (Å²) >= 11 is 0. The smallest absolute Gasteiger partial charge is 0.249 e. The second kappa shape index (κ2) is 5.35. The van der Waals surface area contributed by atoms with E-state index in [1.165, 1.54) is 0 Å². The standard InChI is InChI=1S/C14H21NO4/c1-9-6-7-18-12(9)13(16)15-8-14(3,17)11-5-4-10(2)19-11/h4-5,9,12,17H,6-8H2,1-3H3,(H,15,16). The van der Waals surface area contributed by atoms with E-state index < -0.39 is 11.7 Å². The molecule has 2 rings (SSSR count). The molecule has 2 N–H and O–H groups in total. The number of amides is 1. The minimum atomic E-state index is -1.22. The molecule has 1 fully saturated rings. The van der Waals surface area contributed by atoms with Crippen LogP contribution in [0.2, 0.25) is 0 Å². The third-order valence-corrected chi connectivity index (χ3v) is 3.52. The predicted molar refractivity (Wildman–Crippen MR) is 69.5 cm³/mol. The summed E-state index contributed by atoms with van der Waals surface area (Å²) in [5.74, 6) is 1.23. The molecule has 106 valence electrons. The molecule has 0 bridgehead atoms. The van der Waals surface area contributed by atoms with E-state index >= 15 is 0 Å². The summed E-state index contributed by atoms with van der Waals surface area (Å²) in [6, 6.07) is 3.50. The third kappa shape index (κ3) is 3.16. The fraction of sp³-hybridized carbons (Fsp3) is 0.643. The number of carbonyl (C=O) groups is 1. The van der Waals surface area contributed by atoms with Crippen LogP contribution in [0.5, 0.6) is 0 Å². The van der Waals surface area contributed by atoms with Gasteiger partial charge in [0.05, 0.1) is 6.54 Å². The Morgan fingerprint density at radius 1 is 1.58 bits per heavy atom. The third-order valence-electron chi connectivity index (χ3n) is 3.52. The van der Waals surface area contributed by atoms with Crippen LogP contribution in [-0.2, 0) is 15.1 Å².